The summed E-state index contributed by atoms with van der Waals surface area (Å²) in [5, 5.41) is 3.43. The number of benzene rings is 2. The molecule has 2 aromatic carbocycles. The van der Waals surface area contributed by atoms with Crippen molar-refractivity contribution in [1.82, 2.24) is 14.3 Å². The van der Waals surface area contributed by atoms with Crippen LogP contribution in [0.1, 0.15) is 15.9 Å². The average molecular weight is 409 g/mol. The van der Waals surface area contributed by atoms with E-state index in [1.165, 1.54) is 48.8 Å². The molecule has 4 rings (SSSR count). The summed E-state index contributed by atoms with van der Waals surface area (Å²) < 4.78 is 39.9. The largest absolute Gasteiger partial charge is 0.348 e. The lowest BCUT2D eigenvalue weighted by Crippen LogP contribution is -2.23. The standard InChI is InChI=1S/C21H16FN3O3S/c22-18-7-3-15(4-8-18)14-24-21(26)17-5-9-19(10-6-17)29(27,28)25-13-11-16-2-1-12-23-20(16)25/h1-13H,14H2,(H,24,26). The fourth-order valence-corrected chi connectivity index (χ4v) is 4.22. The summed E-state index contributed by atoms with van der Waals surface area (Å²) in [6.07, 6.45) is 2.99. The predicted octanol–water partition coefficient (Wildman–Crippen LogP) is 3.34. The monoisotopic (exact) mass is 409 g/mol. The van der Waals surface area contributed by atoms with Gasteiger partial charge in [-0.1, -0.05) is 12.1 Å². The number of hydrogen-bond acceptors (Lipinski definition) is 4. The summed E-state index contributed by atoms with van der Waals surface area (Å²) in [5.74, 6) is -0.700. The van der Waals surface area contributed by atoms with E-state index in [2.05, 4.69) is 10.3 Å². The minimum Gasteiger partial charge on any atom is -0.348 e. The highest BCUT2D eigenvalue weighted by Crippen LogP contribution is 2.21. The van der Waals surface area contributed by atoms with Crippen molar-refractivity contribution in [3.8, 4) is 0 Å². The Kier molecular flexibility index (Phi) is 4.85. The van der Waals surface area contributed by atoms with Crippen molar-refractivity contribution in [2.45, 2.75) is 11.4 Å². The van der Waals surface area contributed by atoms with Crippen LogP contribution in [0.25, 0.3) is 11.0 Å². The van der Waals surface area contributed by atoms with E-state index < -0.39 is 10.0 Å². The zero-order valence-electron chi connectivity index (χ0n) is 15.1. The highest BCUT2D eigenvalue weighted by Gasteiger charge is 2.20. The highest BCUT2D eigenvalue weighted by molar-refractivity contribution is 7.90. The number of nitrogens with zero attached hydrogens (tertiary/aromatic N) is 2. The molecule has 4 aromatic rings. The smallest absolute Gasteiger partial charge is 0.269 e. The fraction of sp³-hybridized carbons (Fsp3) is 0.0476. The Morgan fingerprint density at radius 1 is 1.00 bits per heavy atom. The van der Waals surface area contributed by atoms with E-state index in [1.807, 2.05) is 0 Å². The summed E-state index contributed by atoms with van der Waals surface area (Å²) in [6.45, 7) is 0.236. The van der Waals surface area contributed by atoms with E-state index in [0.29, 0.717) is 16.6 Å². The first-order chi connectivity index (χ1) is 13.9. The molecule has 0 aliphatic heterocycles. The number of pyridine rings is 1. The zero-order chi connectivity index (χ0) is 20.4. The molecular weight excluding hydrogens is 393 g/mol. The molecule has 2 aromatic heterocycles. The second-order valence-electron chi connectivity index (χ2n) is 6.37. The van der Waals surface area contributed by atoms with Crippen molar-refractivity contribution < 1.29 is 17.6 Å². The van der Waals surface area contributed by atoms with Crippen molar-refractivity contribution in [3.63, 3.8) is 0 Å². The van der Waals surface area contributed by atoms with Crippen molar-refractivity contribution in [2.24, 2.45) is 0 Å². The van der Waals surface area contributed by atoms with Gasteiger partial charge in [-0.25, -0.2) is 21.8 Å². The summed E-state index contributed by atoms with van der Waals surface area (Å²) in [6, 6.07) is 16.7. The molecule has 8 heteroatoms. The summed E-state index contributed by atoms with van der Waals surface area (Å²) in [7, 11) is -3.84. The molecule has 0 fully saturated rings. The van der Waals surface area contributed by atoms with Crippen LogP contribution >= 0.6 is 0 Å². The van der Waals surface area contributed by atoms with Crippen LogP contribution in [-0.4, -0.2) is 23.3 Å². The normalized spacial score (nSPS) is 11.5. The van der Waals surface area contributed by atoms with Gasteiger partial charge >= 0.3 is 0 Å². The lowest BCUT2D eigenvalue weighted by molar-refractivity contribution is 0.0951. The summed E-state index contributed by atoms with van der Waals surface area (Å²) in [5.41, 5.74) is 1.42. The van der Waals surface area contributed by atoms with Gasteiger partial charge in [0.1, 0.15) is 5.82 Å². The van der Waals surface area contributed by atoms with Crippen LogP contribution in [0.3, 0.4) is 0 Å². The third-order valence-corrected chi connectivity index (χ3v) is 6.14. The van der Waals surface area contributed by atoms with Crippen LogP contribution in [0.2, 0.25) is 0 Å². The van der Waals surface area contributed by atoms with Gasteiger partial charge in [0.2, 0.25) is 0 Å². The molecule has 0 aliphatic carbocycles. The Balaban J connectivity index is 1.52. The zero-order valence-corrected chi connectivity index (χ0v) is 15.9. The Bertz CT molecular complexity index is 1280. The molecule has 146 valence electrons. The molecule has 0 saturated carbocycles. The molecule has 29 heavy (non-hydrogen) atoms. The van der Waals surface area contributed by atoms with Gasteiger partial charge in [-0.05, 0) is 60.2 Å². The number of aromatic nitrogens is 2. The van der Waals surface area contributed by atoms with Crippen LogP contribution in [-0.2, 0) is 16.6 Å². The van der Waals surface area contributed by atoms with Crippen molar-refractivity contribution in [1.29, 1.82) is 0 Å². The van der Waals surface area contributed by atoms with E-state index in [9.17, 15) is 17.6 Å². The molecule has 0 saturated heterocycles. The molecule has 2 heterocycles. The molecule has 0 bridgehead atoms. The number of rotatable bonds is 5. The van der Waals surface area contributed by atoms with E-state index in [4.69, 9.17) is 0 Å². The average Bonchev–Trinajstić information content (AvgIpc) is 3.18. The molecule has 1 N–H and O–H groups in total. The van der Waals surface area contributed by atoms with Gasteiger partial charge < -0.3 is 5.32 Å². The van der Waals surface area contributed by atoms with Gasteiger partial charge in [0.15, 0.2) is 5.65 Å². The van der Waals surface area contributed by atoms with Crippen LogP contribution < -0.4 is 5.32 Å². The molecule has 1 amide bonds. The molecule has 0 radical (unpaired) electrons. The number of halogens is 1. The van der Waals surface area contributed by atoms with E-state index >= 15 is 0 Å². The van der Waals surface area contributed by atoms with Gasteiger partial charge in [0.05, 0.1) is 4.90 Å². The number of carbonyl (C=O) groups is 1. The number of carbonyl (C=O) groups excluding carboxylic acids is 1. The van der Waals surface area contributed by atoms with Crippen LogP contribution in [0.15, 0.2) is 84.0 Å². The SMILES string of the molecule is O=C(NCc1ccc(F)cc1)c1ccc(S(=O)(=O)n2ccc3cccnc32)cc1. The topological polar surface area (TPSA) is 81.1 Å². The lowest BCUT2D eigenvalue weighted by Gasteiger charge is -2.09. The quantitative estimate of drug-likeness (QED) is 0.548. The molecule has 0 unspecified atom stereocenters. The van der Waals surface area contributed by atoms with E-state index in [0.717, 1.165) is 9.54 Å². The predicted molar refractivity (Wildman–Crippen MR) is 106 cm³/mol. The second-order valence-corrected chi connectivity index (χ2v) is 8.18. The minimum absolute atomic E-state index is 0.0516. The Hall–Kier alpha value is -3.52. The van der Waals surface area contributed by atoms with Crippen LogP contribution in [0.4, 0.5) is 4.39 Å². The maximum atomic E-state index is 12.9. The highest BCUT2D eigenvalue weighted by atomic mass is 32.2. The Morgan fingerprint density at radius 2 is 1.72 bits per heavy atom. The maximum absolute atomic E-state index is 12.9. The first-order valence-electron chi connectivity index (χ1n) is 8.75. The van der Waals surface area contributed by atoms with Gasteiger partial charge in [-0.15, -0.1) is 0 Å². The van der Waals surface area contributed by atoms with Crippen LogP contribution in [0.5, 0.6) is 0 Å². The number of amides is 1. The van der Waals surface area contributed by atoms with Gasteiger partial charge in [0, 0.05) is 29.9 Å². The molecule has 0 spiro atoms. The first kappa shape index (κ1) is 18.8. The first-order valence-corrected chi connectivity index (χ1v) is 10.2. The second kappa shape index (κ2) is 7.48. The maximum Gasteiger partial charge on any atom is 0.269 e. The van der Waals surface area contributed by atoms with Crippen molar-refractivity contribution >= 4 is 27.0 Å². The van der Waals surface area contributed by atoms with Crippen molar-refractivity contribution in [2.75, 3.05) is 0 Å². The third kappa shape index (κ3) is 3.74. The van der Waals surface area contributed by atoms with Crippen molar-refractivity contribution in [3.05, 3.63) is 96.1 Å². The summed E-state index contributed by atoms with van der Waals surface area (Å²) in [4.78, 5) is 16.5. The lowest BCUT2D eigenvalue weighted by atomic mass is 10.2. The number of hydrogen-bond donors (Lipinski definition) is 1. The van der Waals surface area contributed by atoms with Gasteiger partial charge in [-0.2, -0.15) is 0 Å². The van der Waals surface area contributed by atoms with Gasteiger partial charge in [0.25, 0.3) is 15.9 Å². The van der Waals surface area contributed by atoms with Gasteiger partial charge in [-0.3, -0.25) is 4.79 Å². The summed E-state index contributed by atoms with van der Waals surface area (Å²) >= 11 is 0. The number of nitrogens with one attached hydrogen (secondary N) is 1. The molecule has 6 nitrogen and oxygen atoms in total. The molecule has 0 atom stereocenters. The molecular formula is C21H16FN3O3S. The Morgan fingerprint density at radius 3 is 2.45 bits per heavy atom. The van der Waals surface area contributed by atoms with E-state index in [-0.39, 0.29) is 23.2 Å². The van der Waals surface area contributed by atoms with Crippen LogP contribution in [0, 0.1) is 5.82 Å². The molecule has 0 aliphatic rings. The Labute approximate surface area is 166 Å². The number of fused-ring (bicyclic) bond motifs is 1. The minimum atomic E-state index is -3.84. The fourth-order valence-electron chi connectivity index (χ4n) is 2.91. The third-order valence-electron chi connectivity index (χ3n) is 4.45. The van der Waals surface area contributed by atoms with E-state index in [1.54, 1.807) is 30.3 Å².